The predicted molar refractivity (Wildman–Crippen MR) is 166 cm³/mol. The van der Waals surface area contributed by atoms with Crippen LogP contribution >= 0.6 is 23.2 Å². The van der Waals surface area contributed by atoms with Crippen LogP contribution in [0.1, 0.15) is 43.4 Å². The molecule has 4 aromatic rings. The summed E-state index contributed by atoms with van der Waals surface area (Å²) in [6.45, 7) is 4.16. The van der Waals surface area contributed by atoms with Crippen LogP contribution in [0.15, 0.2) is 53.5 Å². The SMILES string of the molecule is COc1cc(N2CCN(C3CCCCC3)CC2)ccc1Nc1nc(Cc2c(Cl)cccc2Cl)cc2cn[nH]c(=O)c12. The van der Waals surface area contributed by atoms with E-state index in [-0.39, 0.29) is 5.56 Å². The van der Waals surface area contributed by atoms with Gasteiger partial charge in [0, 0.05) is 71.5 Å². The van der Waals surface area contributed by atoms with Gasteiger partial charge in [-0.1, -0.05) is 48.5 Å². The van der Waals surface area contributed by atoms with Crippen LogP contribution in [0, 0.1) is 0 Å². The zero-order chi connectivity index (χ0) is 28.3. The highest BCUT2D eigenvalue weighted by Crippen LogP contribution is 2.35. The van der Waals surface area contributed by atoms with E-state index >= 15 is 0 Å². The topological polar surface area (TPSA) is 86.4 Å². The van der Waals surface area contributed by atoms with Gasteiger partial charge in [-0.2, -0.15) is 5.10 Å². The van der Waals surface area contributed by atoms with Crippen molar-refractivity contribution in [3.63, 3.8) is 0 Å². The molecule has 0 radical (unpaired) electrons. The van der Waals surface area contributed by atoms with Crippen LogP contribution in [0.25, 0.3) is 10.8 Å². The van der Waals surface area contributed by atoms with Gasteiger partial charge < -0.3 is 15.0 Å². The summed E-state index contributed by atoms with van der Waals surface area (Å²) < 4.78 is 5.80. The number of rotatable bonds is 7. The van der Waals surface area contributed by atoms with E-state index in [2.05, 4.69) is 37.4 Å². The van der Waals surface area contributed by atoms with Crippen molar-refractivity contribution in [2.45, 2.75) is 44.6 Å². The molecule has 0 unspecified atom stereocenters. The number of hydrogen-bond donors (Lipinski definition) is 2. The zero-order valence-corrected chi connectivity index (χ0v) is 24.6. The molecule has 214 valence electrons. The maximum absolute atomic E-state index is 12.8. The Labute approximate surface area is 249 Å². The minimum atomic E-state index is -0.328. The number of nitrogens with one attached hydrogen (secondary N) is 2. The Kier molecular flexibility index (Phi) is 8.32. The molecule has 1 saturated heterocycles. The van der Waals surface area contributed by atoms with Gasteiger partial charge in [0.25, 0.3) is 5.56 Å². The Bertz CT molecular complexity index is 1580. The van der Waals surface area contributed by atoms with E-state index in [1.165, 1.54) is 32.1 Å². The number of piperazine rings is 1. The Morgan fingerprint density at radius 3 is 2.51 bits per heavy atom. The molecule has 2 N–H and O–H groups in total. The number of halogens is 2. The summed E-state index contributed by atoms with van der Waals surface area (Å²) in [6.07, 6.45) is 8.80. The Balaban J connectivity index is 1.26. The number of ether oxygens (including phenoxy) is 1. The number of fused-ring (bicyclic) bond motifs is 1. The van der Waals surface area contributed by atoms with Gasteiger partial charge >= 0.3 is 0 Å². The summed E-state index contributed by atoms with van der Waals surface area (Å²) in [5, 5.41) is 12.1. The first-order valence-corrected chi connectivity index (χ1v) is 15.0. The van der Waals surface area contributed by atoms with E-state index in [0.29, 0.717) is 44.5 Å². The van der Waals surface area contributed by atoms with E-state index in [1.807, 2.05) is 18.2 Å². The highest BCUT2D eigenvalue weighted by atomic mass is 35.5. The van der Waals surface area contributed by atoms with Gasteiger partial charge in [0.15, 0.2) is 0 Å². The molecular weight excluding hydrogens is 559 g/mol. The normalized spacial score (nSPS) is 16.7. The third kappa shape index (κ3) is 6.01. The van der Waals surface area contributed by atoms with Gasteiger partial charge in [0.1, 0.15) is 11.6 Å². The van der Waals surface area contributed by atoms with Crippen LogP contribution in [0.5, 0.6) is 5.75 Å². The Hall–Kier alpha value is -3.33. The number of nitrogens with zero attached hydrogens (tertiary/aromatic N) is 4. The van der Waals surface area contributed by atoms with Crippen molar-refractivity contribution in [1.29, 1.82) is 0 Å². The lowest BCUT2D eigenvalue weighted by atomic mass is 9.94. The summed E-state index contributed by atoms with van der Waals surface area (Å²) in [5.41, 5.74) is 2.99. The van der Waals surface area contributed by atoms with E-state index in [9.17, 15) is 4.79 Å². The van der Waals surface area contributed by atoms with Gasteiger partial charge in [-0.3, -0.25) is 9.69 Å². The first-order chi connectivity index (χ1) is 20.0. The van der Waals surface area contributed by atoms with Gasteiger partial charge in [-0.25, -0.2) is 10.1 Å². The number of H-pyrrole nitrogens is 1. The number of anilines is 3. The third-order valence-corrected chi connectivity index (χ3v) is 9.04. The minimum absolute atomic E-state index is 0.328. The molecule has 2 fully saturated rings. The molecule has 1 aliphatic heterocycles. The van der Waals surface area contributed by atoms with Gasteiger partial charge in [0.05, 0.1) is 24.4 Å². The molecule has 8 nitrogen and oxygen atoms in total. The summed E-state index contributed by atoms with van der Waals surface area (Å²) >= 11 is 12.9. The lowest BCUT2D eigenvalue weighted by Crippen LogP contribution is -2.50. The first kappa shape index (κ1) is 27.8. The third-order valence-electron chi connectivity index (χ3n) is 8.33. The Morgan fingerprint density at radius 2 is 1.78 bits per heavy atom. The summed E-state index contributed by atoms with van der Waals surface area (Å²) in [5.74, 6) is 1.09. The van der Waals surface area contributed by atoms with Crippen molar-refractivity contribution >= 4 is 51.2 Å². The molecule has 1 aliphatic carbocycles. The highest BCUT2D eigenvalue weighted by Gasteiger charge is 2.25. The number of hydrogen-bond acceptors (Lipinski definition) is 7. The van der Waals surface area contributed by atoms with Crippen molar-refractivity contribution in [2.24, 2.45) is 0 Å². The molecule has 41 heavy (non-hydrogen) atoms. The summed E-state index contributed by atoms with van der Waals surface area (Å²) in [6, 6.07) is 14.2. The van der Waals surface area contributed by atoms with Crippen LogP contribution in [0.4, 0.5) is 17.2 Å². The van der Waals surface area contributed by atoms with E-state index in [1.54, 1.807) is 25.4 Å². The summed E-state index contributed by atoms with van der Waals surface area (Å²) in [7, 11) is 1.66. The maximum Gasteiger partial charge on any atom is 0.275 e. The fourth-order valence-corrected chi connectivity index (χ4v) is 6.67. The number of aromatic nitrogens is 3. The molecule has 0 atom stereocenters. The minimum Gasteiger partial charge on any atom is -0.494 e. The van der Waals surface area contributed by atoms with Crippen LogP contribution in [0.2, 0.25) is 10.0 Å². The molecule has 6 rings (SSSR count). The van der Waals surface area contributed by atoms with Crippen LogP contribution in [-0.2, 0) is 6.42 Å². The fourth-order valence-electron chi connectivity index (χ4n) is 6.14. The fraction of sp³-hybridized carbons (Fsp3) is 0.387. The molecule has 2 aliphatic rings. The smallest absolute Gasteiger partial charge is 0.275 e. The van der Waals surface area contributed by atoms with Gasteiger partial charge in [0.2, 0.25) is 0 Å². The first-order valence-electron chi connectivity index (χ1n) is 14.2. The average molecular weight is 594 g/mol. The van der Waals surface area contributed by atoms with Crippen LogP contribution in [-0.4, -0.2) is 59.4 Å². The maximum atomic E-state index is 12.8. The van der Waals surface area contributed by atoms with Crippen LogP contribution in [0.3, 0.4) is 0 Å². The van der Waals surface area contributed by atoms with E-state index in [4.69, 9.17) is 32.9 Å². The van der Waals surface area contributed by atoms with Gasteiger partial charge in [-0.15, -0.1) is 0 Å². The van der Waals surface area contributed by atoms with E-state index in [0.717, 1.165) is 49.2 Å². The van der Waals surface area contributed by atoms with Crippen LogP contribution < -0.4 is 20.5 Å². The van der Waals surface area contributed by atoms with Crippen molar-refractivity contribution in [1.82, 2.24) is 20.1 Å². The molecular formula is C31H34Cl2N6O2. The second-order valence-electron chi connectivity index (χ2n) is 10.8. The molecule has 1 saturated carbocycles. The van der Waals surface area contributed by atoms with Crippen molar-refractivity contribution in [3.05, 3.63) is 80.3 Å². The molecule has 0 amide bonds. The largest absolute Gasteiger partial charge is 0.494 e. The molecule has 10 heteroatoms. The standard InChI is InChI=1S/C31H34Cl2N6O2/c1-41-28-18-23(39-14-12-38(13-15-39)22-6-3-2-4-7-22)10-11-27(28)36-30-29-20(19-34-37-31(29)40)16-21(35-30)17-24-25(32)8-5-9-26(24)33/h5,8-11,16,18-19,22H,2-4,6-7,12-15,17H2,1H3,(H,35,36)(H,37,40). The number of benzene rings is 2. The zero-order valence-electron chi connectivity index (χ0n) is 23.1. The lowest BCUT2D eigenvalue weighted by Gasteiger charge is -2.41. The van der Waals surface area contributed by atoms with Gasteiger partial charge in [-0.05, 0) is 48.7 Å². The molecule has 0 bridgehead atoms. The number of pyridine rings is 1. The number of aromatic amines is 1. The number of methoxy groups -OCH3 is 1. The predicted octanol–water partition coefficient (Wildman–Crippen LogP) is 6.42. The summed E-state index contributed by atoms with van der Waals surface area (Å²) in [4.78, 5) is 22.8. The van der Waals surface area contributed by atoms with Crippen molar-refractivity contribution in [2.75, 3.05) is 43.5 Å². The van der Waals surface area contributed by atoms with Crippen molar-refractivity contribution < 1.29 is 4.74 Å². The lowest BCUT2D eigenvalue weighted by molar-refractivity contribution is 0.148. The Morgan fingerprint density at radius 1 is 1.02 bits per heavy atom. The molecule has 3 heterocycles. The molecule has 2 aromatic carbocycles. The van der Waals surface area contributed by atoms with E-state index < -0.39 is 0 Å². The monoisotopic (exact) mass is 592 g/mol. The highest BCUT2D eigenvalue weighted by molar-refractivity contribution is 6.36. The molecule has 0 spiro atoms. The van der Waals surface area contributed by atoms with Crippen molar-refractivity contribution in [3.8, 4) is 5.75 Å². The quantitative estimate of drug-likeness (QED) is 0.256. The molecule has 2 aromatic heterocycles. The second kappa shape index (κ2) is 12.3. The average Bonchev–Trinajstić information content (AvgIpc) is 3.00. The second-order valence-corrected chi connectivity index (χ2v) is 11.6.